The van der Waals surface area contributed by atoms with E-state index in [1.165, 1.54) is 17.7 Å². The van der Waals surface area contributed by atoms with Gasteiger partial charge in [-0.15, -0.1) is 24.8 Å². The first-order valence-electron chi connectivity index (χ1n) is 9.59. The van der Waals surface area contributed by atoms with Gasteiger partial charge in [-0.3, -0.25) is 9.69 Å². The van der Waals surface area contributed by atoms with Gasteiger partial charge in [0.25, 0.3) is 0 Å². The average molecular weight is 434 g/mol. The highest BCUT2D eigenvalue weighted by Gasteiger charge is 2.27. The molecule has 2 atom stereocenters. The third-order valence-corrected chi connectivity index (χ3v) is 6.38. The summed E-state index contributed by atoms with van der Waals surface area (Å²) in [6.45, 7) is 8.17. The van der Waals surface area contributed by atoms with Crippen LogP contribution in [0.2, 0.25) is 0 Å². The molecule has 27 heavy (non-hydrogen) atoms. The molecule has 1 N–H and O–H groups in total. The van der Waals surface area contributed by atoms with E-state index >= 15 is 0 Å². The maximum Gasteiger partial charge on any atom is 0.224 e. The highest BCUT2D eigenvalue weighted by molar-refractivity contribution is 7.99. The van der Waals surface area contributed by atoms with Gasteiger partial charge in [0.05, 0.1) is 0 Å². The fraction of sp³-hybridized carbons (Fsp3) is 0.650. The van der Waals surface area contributed by atoms with Gasteiger partial charge in [0.2, 0.25) is 5.91 Å². The van der Waals surface area contributed by atoms with Crippen molar-refractivity contribution < 1.29 is 4.79 Å². The lowest BCUT2D eigenvalue weighted by molar-refractivity contribution is -0.132. The van der Waals surface area contributed by atoms with Crippen LogP contribution in [-0.4, -0.2) is 66.0 Å². The smallest absolute Gasteiger partial charge is 0.224 e. The minimum Gasteiger partial charge on any atom is -0.343 e. The van der Waals surface area contributed by atoms with E-state index in [0.717, 1.165) is 45.0 Å². The Hall–Kier alpha value is -0.460. The van der Waals surface area contributed by atoms with Crippen LogP contribution >= 0.6 is 36.6 Å². The van der Waals surface area contributed by atoms with Gasteiger partial charge < -0.3 is 10.2 Å². The first-order chi connectivity index (χ1) is 12.2. The molecule has 2 aliphatic rings. The molecule has 0 spiro atoms. The van der Waals surface area contributed by atoms with Crippen molar-refractivity contribution in [3.8, 4) is 0 Å². The van der Waals surface area contributed by atoms with Crippen molar-refractivity contribution in [1.82, 2.24) is 15.1 Å². The predicted molar refractivity (Wildman–Crippen MR) is 120 cm³/mol. The molecule has 0 bridgehead atoms. The number of thioether (sulfide) groups is 1. The van der Waals surface area contributed by atoms with Crippen molar-refractivity contribution in [2.45, 2.75) is 32.4 Å². The molecule has 1 aromatic carbocycles. The second-order valence-corrected chi connectivity index (χ2v) is 8.39. The van der Waals surface area contributed by atoms with Crippen LogP contribution in [0.1, 0.15) is 25.3 Å². The summed E-state index contributed by atoms with van der Waals surface area (Å²) in [6, 6.07) is 11.0. The summed E-state index contributed by atoms with van der Waals surface area (Å²) in [5, 5.41) is 3.48. The van der Waals surface area contributed by atoms with E-state index in [2.05, 4.69) is 52.4 Å². The normalized spacial score (nSPS) is 22.6. The van der Waals surface area contributed by atoms with Gasteiger partial charge in [-0.2, -0.15) is 11.8 Å². The Morgan fingerprint density at radius 3 is 2.74 bits per heavy atom. The number of benzene rings is 1. The van der Waals surface area contributed by atoms with E-state index in [9.17, 15) is 4.79 Å². The molecular formula is C20H33Cl2N3OS. The molecule has 0 aromatic heterocycles. The first-order valence-corrected chi connectivity index (χ1v) is 10.7. The maximum atomic E-state index is 12.7. The number of halogens is 2. The lowest BCUT2D eigenvalue weighted by atomic mass is 10.1. The molecule has 7 heteroatoms. The number of nitrogens with one attached hydrogen (secondary N) is 1. The van der Waals surface area contributed by atoms with E-state index in [1.54, 1.807) is 0 Å². The largest absolute Gasteiger partial charge is 0.343 e. The van der Waals surface area contributed by atoms with Crippen LogP contribution in [0.25, 0.3) is 0 Å². The Bertz CT molecular complexity index is 543. The summed E-state index contributed by atoms with van der Waals surface area (Å²) in [5.41, 5.74) is 1.38. The van der Waals surface area contributed by atoms with Crippen molar-refractivity contribution in [2.24, 2.45) is 5.92 Å². The Morgan fingerprint density at radius 2 is 2.07 bits per heavy atom. The molecule has 0 saturated carbocycles. The molecule has 0 aliphatic carbocycles. The van der Waals surface area contributed by atoms with Crippen LogP contribution in [0.15, 0.2) is 30.3 Å². The molecule has 2 saturated heterocycles. The summed E-state index contributed by atoms with van der Waals surface area (Å²) in [5.74, 6) is 3.17. The molecule has 2 fully saturated rings. The van der Waals surface area contributed by atoms with E-state index < -0.39 is 0 Å². The number of hydrogen-bond donors (Lipinski definition) is 1. The number of carbonyl (C=O) groups excluding carboxylic acids is 1. The predicted octanol–water partition coefficient (Wildman–Crippen LogP) is 3.30. The van der Waals surface area contributed by atoms with Crippen LogP contribution in [0.3, 0.4) is 0 Å². The zero-order chi connectivity index (χ0) is 17.5. The molecule has 1 aromatic rings. The summed E-state index contributed by atoms with van der Waals surface area (Å²) in [7, 11) is 0. The van der Waals surface area contributed by atoms with Gasteiger partial charge in [0.1, 0.15) is 0 Å². The molecule has 4 nitrogen and oxygen atoms in total. The van der Waals surface area contributed by atoms with Crippen molar-refractivity contribution in [3.05, 3.63) is 35.9 Å². The van der Waals surface area contributed by atoms with Crippen LogP contribution in [0.4, 0.5) is 0 Å². The fourth-order valence-electron chi connectivity index (χ4n) is 3.86. The number of rotatable bonds is 7. The maximum absolute atomic E-state index is 12.7. The monoisotopic (exact) mass is 433 g/mol. The average Bonchev–Trinajstić information content (AvgIpc) is 3.08. The number of carbonyl (C=O) groups is 1. The first kappa shape index (κ1) is 24.6. The molecular weight excluding hydrogens is 401 g/mol. The Morgan fingerprint density at radius 1 is 1.30 bits per heavy atom. The topological polar surface area (TPSA) is 35.6 Å². The Balaban J connectivity index is 0.00000182. The zero-order valence-electron chi connectivity index (χ0n) is 16.1. The van der Waals surface area contributed by atoms with E-state index in [1.807, 2.05) is 11.8 Å². The Labute approximate surface area is 180 Å². The Kier molecular flexibility index (Phi) is 11.7. The minimum absolute atomic E-state index is 0. The molecule has 2 heterocycles. The summed E-state index contributed by atoms with van der Waals surface area (Å²) in [4.78, 5) is 17.3. The third-order valence-electron chi connectivity index (χ3n) is 5.25. The van der Waals surface area contributed by atoms with Crippen LogP contribution in [-0.2, 0) is 11.3 Å². The van der Waals surface area contributed by atoms with Gasteiger partial charge in [0, 0.05) is 56.7 Å². The standard InChI is InChI=1S/C20H31N3OS.2ClH/c1-2-23(20(24)12-19-16-25-11-9-21-19)15-18-8-10-22(14-18)13-17-6-4-3-5-7-17;;/h3-7,18-19,21H,2,8-16H2,1H3;2*1H. The zero-order valence-corrected chi connectivity index (χ0v) is 18.6. The highest BCUT2D eigenvalue weighted by atomic mass is 35.5. The summed E-state index contributed by atoms with van der Waals surface area (Å²) < 4.78 is 0. The van der Waals surface area contributed by atoms with E-state index in [-0.39, 0.29) is 24.8 Å². The van der Waals surface area contributed by atoms with Gasteiger partial charge in [-0.25, -0.2) is 0 Å². The second kappa shape index (κ2) is 12.9. The van der Waals surface area contributed by atoms with E-state index in [4.69, 9.17) is 0 Å². The van der Waals surface area contributed by atoms with Crippen molar-refractivity contribution in [3.63, 3.8) is 0 Å². The van der Waals surface area contributed by atoms with Crippen molar-refractivity contribution in [2.75, 3.05) is 44.2 Å². The summed E-state index contributed by atoms with van der Waals surface area (Å²) >= 11 is 1.96. The molecule has 154 valence electrons. The molecule has 0 radical (unpaired) electrons. The number of likely N-dealkylation sites (tertiary alicyclic amines) is 1. The number of hydrogen-bond acceptors (Lipinski definition) is 4. The van der Waals surface area contributed by atoms with Crippen LogP contribution in [0.5, 0.6) is 0 Å². The molecule has 1 amide bonds. The number of amides is 1. The molecule has 3 rings (SSSR count). The molecule has 2 unspecified atom stereocenters. The highest BCUT2D eigenvalue weighted by Crippen LogP contribution is 2.20. The van der Waals surface area contributed by atoms with Gasteiger partial charge in [-0.1, -0.05) is 30.3 Å². The van der Waals surface area contributed by atoms with Crippen LogP contribution < -0.4 is 5.32 Å². The minimum atomic E-state index is 0. The SMILES string of the molecule is CCN(CC1CCN(Cc2ccccc2)C1)C(=O)CC1CSCCN1.Cl.Cl. The quantitative estimate of drug-likeness (QED) is 0.715. The number of nitrogens with zero attached hydrogens (tertiary/aromatic N) is 2. The fourth-order valence-corrected chi connectivity index (χ4v) is 4.81. The lowest BCUT2D eigenvalue weighted by Crippen LogP contribution is -2.44. The van der Waals surface area contributed by atoms with Crippen LogP contribution in [0, 0.1) is 5.92 Å². The van der Waals surface area contributed by atoms with Crippen molar-refractivity contribution >= 4 is 42.5 Å². The lowest BCUT2D eigenvalue weighted by Gasteiger charge is -2.28. The molecule has 2 aliphatic heterocycles. The van der Waals surface area contributed by atoms with Gasteiger partial charge in [-0.05, 0) is 31.4 Å². The van der Waals surface area contributed by atoms with Gasteiger partial charge in [0.15, 0.2) is 0 Å². The van der Waals surface area contributed by atoms with Gasteiger partial charge >= 0.3 is 0 Å². The third kappa shape index (κ3) is 7.82. The van der Waals surface area contributed by atoms with Crippen molar-refractivity contribution in [1.29, 1.82) is 0 Å². The summed E-state index contributed by atoms with van der Waals surface area (Å²) in [6.07, 6.45) is 1.86. The van der Waals surface area contributed by atoms with E-state index in [0.29, 0.717) is 24.3 Å². The second-order valence-electron chi connectivity index (χ2n) is 7.24.